The molecule has 8 nitrogen and oxygen atoms in total. The summed E-state index contributed by atoms with van der Waals surface area (Å²) in [7, 11) is 0. The fourth-order valence-electron chi connectivity index (χ4n) is 3.91. The van der Waals surface area contributed by atoms with E-state index in [1.807, 2.05) is 22.9 Å². The van der Waals surface area contributed by atoms with Crippen LogP contribution in [-0.2, 0) is 16.1 Å². The van der Waals surface area contributed by atoms with Gasteiger partial charge in [0.1, 0.15) is 5.52 Å². The van der Waals surface area contributed by atoms with Crippen LogP contribution in [0.25, 0.3) is 10.2 Å². The van der Waals surface area contributed by atoms with Crippen molar-refractivity contribution in [2.24, 2.45) is 0 Å². The summed E-state index contributed by atoms with van der Waals surface area (Å²) in [6.45, 7) is 1.15. The van der Waals surface area contributed by atoms with E-state index in [4.69, 9.17) is 11.6 Å². The summed E-state index contributed by atoms with van der Waals surface area (Å²) < 4.78 is 2.85. The van der Waals surface area contributed by atoms with Crippen molar-refractivity contribution in [2.45, 2.75) is 25.8 Å². The fraction of sp³-hybridized carbons (Fsp3) is 0.208. The van der Waals surface area contributed by atoms with Gasteiger partial charge in [0.05, 0.1) is 21.7 Å². The molecule has 172 valence electrons. The number of fused-ring (bicyclic) bond motifs is 1. The van der Waals surface area contributed by atoms with Crippen molar-refractivity contribution in [3.63, 3.8) is 0 Å². The number of carbonyl (C=O) groups excluding carboxylic acids is 3. The van der Waals surface area contributed by atoms with Crippen molar-refractivity contribution in [3.05, 3.63) is 71.8 Å². The average molecular weight is 494 g/mol. The van der Waals surface area contributed by atoms with Crippen molar-refractivity contribution >= 4 is 61.7 Å². The van der Waals surface area contributed by atoms with Crippen molar-refractivity contribution < 1.29 is 14.4 Å². The Morgan fingerprint density at radius 3 is 2.53 bits per heavy atom. The molecule has 1 aliphatic rings. The smallest absolute Gasteiger partial charge is 0.260 e. The maximum Gasteiger partial charge on any atom is 0.260 e. The van der Waals surface area contributed by atoms with Gasteiger partial charge in [-0.3, -0.25) is 24.2 Å². The fourth-order valence-corrected chi connectivity index (χ4v) is 5.20. The van der Waals surface area contributed by atoms with E-state index in [1.54, 1.807) is 47.8 Å². The number of nitrogens with zero attached hydrogens (tertiary/aromatic N) is 5. The second-order valence-corrected chi connectivity index (χ2v) is 9.28. The van der Waals surface area contributed by atoms with Gasteiger partial charge in [-0.05, 0) is 42.8 Å². The van der Waals surface area contributed by atoms with Crippen molar-refractivity contribution in [3.8, 4) is 0 Å². The lowest BCUT2D eigenvalue weighted by Crippen LogP contribution is -2.32. The van der Waals surface area contributed by atoms with Crippen LogP contribution in [0.5, 0.6) is 0 Å². The quantitative estimate of drug-likeness (QED) is 0.353. The van der Waals surface area contributed by atoms with Crippen LogP contribution in [0.3, 0.4) is 0 Å². The van der Waals surface area contributed by atoms with E-state index < -0.39 is 0 Å². The Hall–Kier alpha value is -3.56. The molecule has 0 bridgehead atoms. The summed E-state index contributed by atoms with van der Waals surface area (Å²) in [4.78, 5) is 49.1. The minimum atomic E-state index is -0.225. The number of thiazole rings is 1. The lowest BCUT2D eigenvalue weighted by atomic mass is 10.1. The number of carbonyl (C=O) groups is 3. The largest absolute Gasteiger partial charge is 0.337 e. The number of aryl methyl sites for hydroxylation is 1. The molecule has 0 atom stereocenters. The lowest BCUT2D eigenvalue weighted by Gasteiger charge is -2.21. The molecule has 5 rings (SSSR count). The number of hydrogen-bond donors (Lipinski definition) is 0. The third kappa shape index (κ3) is 4.32. The highest BCUT2D eigenvalue weighted by Crippen LogP contribution is 2.34. The molecule has 3 heterocycles. The number of imidazole rings is 1. The first-order valence-electron chi connectivity index (χ1n) is 10.8. The normalized spacial score (nSPS) is 13.7. The standard InChI is InChI=1S/C24H20ClN5O3S/c25-18-3-1-4-19-22(18)27-24(34-19)29(13-2-12-28-14-11-26-15-28)23(33)16-5-7-17(8-6-16)30-20(31)9-10-21(30)32/h1,3-8,11,14-15H,2,9-10,12-13H2. The Morgan fingerprint density at radius 2 is 1.85 bits per heavy atom. The predicted molar refractivity (Wildman–Crippen MR) is 131 cm³/mol. The van der Waals surface area contributed by atoms with Crippen LogP contribution in [0.15, 0.2) is 61.2 Å². The first-order chi connectivity index (χ1) is 16.5. The topological polar surface area (TPSA) is 88.4 Å². The maximum atomic E-state index is 13.6. The van der Waals surface area contributed by atoms with Gasteiger partial charge in [0.25, 0.3) is 5.91 Å². The van der Waals surface area contributed by atoms with Gasteiger partial charge >= 0.3 is 0 Å². The molecule has 10 heteroatoms. The number of benzene rings is 2. The number of hydrogen-bond acceptors (Lipinski definition) is 6. The number of para-hydroxylation sites is 1. The van der Waals surface area contributed by atoms with E-state index in [-0.39, 0.29) is 30.6 Å². The van der Waals surface area contributed by atoms with Gasteiger partial charge in [0.15, 0.2) is 5.13 Å². The molecular weight excluding hydrogens is 474 g/mol. The van der Waals surface area contributed by atoms with Gasteiger partial charge in [0.2, 0.25) is 11.8 Å². The lowest BCUT2D eigenvalue weighted by molar-refractivity contribution is -0.121. The average Bonchev–Trinajstić information content (AvgIpc) is 3.58. The molecule has 0 aliphatic carbocycles. The van der Waals surface area contributed by atoms with Crippen LogP contribution in [0.1, 0.15) is 29.6 Å². The van der Waals surface area contributed by atoms with E-state index in [2.05, 4.69) is 9.97 Å². The molecule has 1 fully saturated rings. The minimum absolute atomic E-state index is 0.213. The van der Waals surface area contributed by atoms with E-state index in [1.165, 1.54) is 16.2 Å². The molecule has 1 saturated heterocycles. The van der Waals surface area contributed by atoms with Gasteiger partial charge in [-0.15, -0.1) is 0 Å². The Labute approximate surface area is 204 Å². The molecule has 1 aliphatic heterocycles. The maximum absolute atomic E-state index is 13.6. The van der Waals surface area contributed by atoms with Crippen LogP contribution in [0, 0.1) is 0 Å². The summed E-state index contributed by atoms with van der Waals surface area (Å²) in [5.74, 6) is -0.667. The molecule has 34 heavy (non-hydrogen) atoms. The number of anilines is 2. The molecule has 3 amide bonds. The van der Waals surface area contributed by atoms with E-state index in [0.717, 1.165) is 4.70 Å². The summed E-state index contributed by atoms with van der Waals surface area (Å²) >= 11 is 7.72. The van der Waals surface area contributed by atoms with E-state index in [9.17, 15) is 14.4 Å². The number of rotatable bonds is 7. The first kappa shape index (κ1) is 22.2. The zero-order valence-corrected chi connectivity index (χ0v) is 19.6. The number of halogens is 1. The Kier molecular flexibility index (Phi) is 6.12. The van der Waals surface area contributed by atoms with Gasteiger partial charge in [-0.1, -0.05) is 29.0 Å². The van der Waals surface area contributed by atoms with Crippen LogP contribution < -0.4 is 9.80 Å². The summed E-state index contributed by atoms with van der Waals surface area (Å²) in [6.07, 6.45) is 6.46. The first-order valence-corrected chi connectivity index (χ1v) is 12.0. The van der Waals surface area contributed by atoms with E-state index in [0.29, 0.717) is 46.4 Å². The molecule has 4 aromatic rings. The third-order valence-corrected chi connectivity index (χ3v) is 6.96. The Bertz CT molecular complexity index is 1350. The molecule has 0 spiro atoms. The van der Waals surface area contributed by atoms with Crippen molar-refractivity contribution in [1.29, 1.82) is 0 Å². The number of aromatic nitrogens is 3. The van der Waals surface area contributed by atoms with Crippen LogP contribution in [0.4, 0.5) is 10.8 Å². The number of imide groups is 1. The molecule has 0 radical (unpaired) electrons. The Morgan fingerprint density at radius 1 is 1.09 bits per heavy atom. The van der Waals surface area contributed by atoms with Crippen LogP contribution in [0.2, 0.25) is 5.02 Å². The van der Waals surface area contributed by atoms with Gasteiger partial charge in [0, 0.05) is 43.9 Å². The zero-order chi connectivity index (χ0) is 23.7. The molecule has 2 aromatic heterocycles. The van der Waals surface area contributed by atoms with Crippen molar-refractivity contribution in [2.75, 3.05) is 16.3 Å². The highest BCUT2D eigenvalue weighted by molar-refractivity contribution is 7.22. The van der Waals surface area contributed by atoms with Gasteiger partial charge < -0.3 is 4.57 Å². The van der Waals surface area contributed by atoms with Gasteiger partial charge in [-0.2, -0.15) is 0 Å². The highest BCUT2D eigenvalue weighted by atomic mass is 35.5. The molecular formula is C24H20ClN5O3S. The van der Waals surface area contributed by atoms with Crippen LogP contribution >= 0.6 is 22.9 Å². The monoisotopic (exact) mass is 493 g/mol. The van der Waals surface area contributed by atoms with Gasteiger partial charge in [-0.25, -0.2) is 9.97 Å². The highest BCUT2D eigenvalue weighted by Gasteiger charge is 2.30. The SMILES string of the molecule is O=C(c1ccc(N2C(=O)CCC2=O)cc1)N(CCCn1ccnc1)c1nc2c(Cl)cccc2s1. The number of amides is 3. The molecule has 0 N–H and O–H groups in total. The molecule has 2 aromatic carbocycles. The predicted octanol–water partition coefficient (Wildman–Crippen LogP) is 4.54. The minimum Gasteiger partial charge on any atom is -0.337 e. The van der Waals surface area contributed by atoms with Crippen molar-refractivity contribution in [1.82, 2.24) is 14.5 Å². The van der Waals surface area contributed by atoms with Crippen LogP contribution in [-0.4, -0.2) is 38.8 Å². The van der Waals surface area contributed by atoms with E-state index >= 15 is 0 Å². The molecule has 0 saturated carbocycles. The molecule has 0 unspecified atom stereocenters. The Balaban J connectivity index is 1.42. The third-order valence-electron chi connectivity index (χ3n) is 5.62. The zero-order valence-electron chi connectivity index (χ0n) is 18.1. The summed E-state index contributed by atoms with van der Waals surface area (Å²) in [5.41, 5.74) is 1.58. The summed E-state index contributed by atoms with van der Waals surface area (Å²) in [5, 5.41) is 1.10. The second-order valence-electron chi connectivity index (χ2n) is 7.86. The second kappa shape index (κ2) is 9.36. The summed E-state index contributed by atoms with van der Waals surface area (Å²) in [6, 6.07) is 12.1.